The first-order valence-corrected chi connectivity index (χ1v) is 5.40. The average molecular weight is 248 g/mol. The molecule has 2 aromatic rings. The lowest BCUT2D eigenvalue weighted by molar-refractivity contribution is 0.341. The van der Waals surface area contributed by atoms with Crippen LogP contribution in [0.25, 0.3) is 0 Å². The Balaban J connectivity index is 2.38. The van der Waals surface area contributed by atoms with E-state index in [-0.39, 0.29) is 17.6 Å². The fourth-order valence-corrected chi connectivity index (χ4v) is 1.51. The third-order valence-electron chi connectivity index (χ3n) is 2.43. The molecule has 0 fully saturated rings. The van der Waals surface area contributed by atoms with Crippen molar-refractivity contribution in [1.29, 1.82) is 0 Å². The van der Waals surface area contributed by atoms with Crippen LogP contribution in [0.2, 0.25) is 0 Å². The van der Waals surface area contributed by atoms with E-state index in [0.29, 0.717) is 5.56 Å². The van der Waals surface area contributed by atoms with E-state index >= 15 is 0 Å². The molecule has 5 heteroatoms. The molecule has 2 rings (SSSR count). The van der Waals surface area contributed by atoms with Crippen molar-refractivity contribution in [3.63, 3.8) is 0 Å². The van der Waals surface area contributed by atoms with Crippen molar-refractivity contribution in [2.75, 3.05) is 14.2 Å². The summed E-state index contributed by atoms with van der Waals surface area (Å²) in [7, 11) is 2.92. The van der Waals surface area contributed by atoms with Gasteiger partial charge in [-0.3, -0.25) is 0 Å². The topological polar surface area (TPSA) is 44.2 Å². The van der Waals surface area contributed by atoms with Crippen LogP contribution < -0.4 is 9.47 Å². The molecule has 0 bridgehead atoms. The zero-order chi connectivity index (χ0) is 13.0. The normalized spacial score (nSPS) is 11.9. The predicted molar refractivity (Wildman–Crippen MR) is 64.5 cm³/mol. The Morgan fingerprint density at radius 2 is 1.56 bits per heavy atom. The molecule has 1 unspecified atom stereocenters. The van der Waals surface area contributed by atoms with Gasteiger partial charge in [-0.2, -0.15) is 9.97 Å². The van der Waals surface area contributed by atoms with Crippen molar-refractivity contribution in [3.05, 3.63) is 47.8 Å². The minimum absolute atomic E-state index is 0.0254. The molecule has 1 heterocycles. The van der Waals surface area contributed by atoms with Gasteiger partial charge in [0.1, 0.15) is 0 Å². The van der Waals surface area contributed by atoms with Gasteiger partial charge in [0.15, 0.2) is 12.0 Å². The van der Waals surface area contributed by atoms with E-state index in [2.05, 4.69) is 9.97 Å². The molecule has 18 heavy (non-hydrogen) atoms. The van der Waals surface area contributed by atoms with Crippen molar-refractivity contribution in [1.82, 2.24) is 9.97 Å². The SMILES string of the molecule is COc1cc(OC)nc(C(F)c2ccccc2)n1. The van der Waals surface area contributed by atoms with Crippen LogP contribution in [0.1, 0.15) is 17.6 Å². The second-order valence-electron chi connectivity index (χ2n) is 3.58. The van der Waals surface area contributed by atoms with Gasteiger partial charge in [0.25, 0.3) is 0 Å². The summed E-state index contributed by atoms with van der Waals surface area (Å²) < 4.78 is 24.2. The lowest BCUT2D eigenvalue weighted by atomic mass is 10.1. The molecule has 0 amide bonds. The molecule has 0 aliphatic heterocycles. The molecule has 0 aliphatic carbocycles. The molecule has 94 valence electrons. The van der Waals surface area contributed by atoms with Crippen LogP contribution in [0, 0.1) is 0 Å². The molecule has 0 radical (unpaired) electrons. The van der Waals surface area contributed by atoms with Crippen LogP contribution in [0.3, 0.4) is 0 Å². The molecule has 4 nitrogen and oxygen atoms in total. The van der Waals surface area contributed by atoms with Crippen LogP contribution >= 0.6 is 0 Å². The van der Waals surface area contributed by atoms with Crippen molar-refractivity contribution in [2.24, 2.45) is 0 Å². The number of benzene rings is 1. The fraction of sp³-hybridized carbons (Fsp3) is 0.231. The van der Waals surface area contributed by atoms with Crippen molar-refractivity contribution >= 4 is 0 Å². The van der Waals surface area contributed by atoms with Crippen molar-refractivity contribution < 1.29 is 13.9 Å². The molecule has 0 spiro atoms. The lowest BCUT2D eigenvalue weighted by Crippen LogP contribution is -2.04. The number of rotatable bonds is 4. The number of aromatic nitrogens is 2. The third kappa shape index (κ3) is 2.56. The minimum atomic E-state index is -1.41. The van der Waals surface area contributed by atoms with Gasteiger partial charge in [0.05, 0.1) is 20.3 Å². The lowest BCUT2D eigenvalue weighted by Gasteiger charge is -2.10. The van der Waals surface area contributed by atoms with Gasteiger partial charge in [-0.05, 0) is 5.56 Å². The molecule has 0 saturated heterocycles. The first-order valence-electron chi connectivity index (χ1n) is 5.40. The molecular formula is C13H13FN2O2. The van der Waals surface area contributed by atoms with Crippen molar-refractivity contribution in [2.45, 2.75) is 6.17 Å². The van der Waals surface area contributed by atoms with Gasteiger partial charge in [-0.1, -0.05) is 30.3 Å². The number of halogens is 1. The highest BCUT2D eigenvalue weighted by atomic mass is 19.1. The zero-order valence-electron chi connectivity index (χ0n) is 10.1. The van der Waals surface area contributed by atoms with E-state index in [0.717, 1.165) is 0 Å². The molecule has 1 atom stereocenters. The monoisotopic (exact) mass is 248 g/mol. The Labute approximate surface area is 104 Å². The summed E-state index contributed by atoms with van der Waals surface area (Å²) in [6.07, 6.45) is -1.41. The third-order valence-corrected chi connectivity index (χ3v) is 2.43. The Kier molecular flexibility index (Phi) is 3.72. The summed E-state index contributed by atoms with van der Waals surface area (Å²) in [4.78, 5) is 7.98. The van der Waals surface area contributed by atoms with Gasteiger partial charge < -0.3 is 9.47 Å². The van der Waals surface area contributed by atoms with Crippen LogP contribution in [0.15, 0.2) is 36.4 Å². The van der Waals surface area contributed by atoms with Gasteiger partial charge in [0.2, 0.25) is 11.8 Å². The first kappa shape index (κ1) is 12.3. The number of methoxy groups -OCH3 is 2. The van der Waals surface area contributed by atoms with Crippen LogP contribution in [0.5, 0.6) is 11.8 Å². The van der Waals surface area contributed by atoms with E-state index in [4.69, 9.17) is 9.47 Å². The maximum Gasteiger partial charge on any atom is 0.220 e. The van der Waals surface area contributed by atoms with E-state index in [9.17, 15) is 4.39 Å². The molecule has 0 N–H and O–H groups in total. The van der Waals surface area contributed by atoms with Gasteiger partial charge >= 0.3 is 0 Å². The summed E-state index contributed by atoms with van der Waals surface area (Å²) in [5.41, 5.74) is 0.493. The zero-order valence-corrected chi connectivity index (χ0v) is 10.1. The summed E-state index contributed by atoms with van der Waals surface area (Å²) in [5, 5.41) is 0. The molecule has 1 aromatic heterocycles. The maximum absolute atomic E-state index is 14.3. The number of hydrogen-bond acceptors (Lipinski definition) is 4. The summed E-state index contributed by atoms with van der Waals surface area (Å²) >= 11 is 0. The van der Waals surface area contributed by atoms with Crippen LogP contribution in [-0.2, 0) is 0 Å². The number of hydrogen-bond donors (Lipinski definition) is 0. The fourth-order valence-electron chi connectivity index (χ4n) is 1.51. The largest absolute Gasteiger partial charge is 0.481 e. The second-order valence-corrected chi connectivity index (χ2v) is 3.58. The number of ether oxygens (including phenoxy) is 2. The van der Waals surface area contributed by atoms with E-state index in [1.165, 1.54) is 20.3 Å². The summed E-state index contributed by atoms with van der Waals surface area (Å²) in [6, 6.07) is 10.2. The highest BCUT2D eigenvalue weighted by Crippen LogP contribution is 2.26. The highest BCUT2D eigenvalue weighted by molar-refractivity contribution is 5.27. The van der Waals surface area contributed by atoms with Crippen molar-refractivity contribution in [3.8, 4) is 11.8 Å². The van der Waals surface area contributed by atoms with Gasteiger partial charge in [-0.15, -0.1) is 0 Å². The Bertz CT molecular complexity index is 497. The number of alkyl halides is 1. The molecule has 1 aromatic carbocycles. The van der Waals surface area contributed by atoms with E-state index in [1.54, 1.807) is 24.3 Å². The summed E-state index contributed by atoms with van der Waals surface area (Å²) in [5.74, 6) is 0.572. The van der Waals surface area contributed by atoms with E-state index < -0.39 is 6.17 Å². The molecule has 0 aliphatic rings. The van der Waals surface area contributed by atoms with Gasteiger partial charge in [-0.25, -0.2) is 4.39 Å². The Morgan fingerprint density at radius 3 is 2.06 bits per heavy atom. The van der Waals surface area contributed by atoms with Crippen LogP contribution in [0.4, 0.5) is 4.39 Å². The van der Waals surface area contributed by atoms with E-state index in [1.807, 2.05) is 6.07 Å². The average Bonchev–Trinajstić information content (AvgIpc) is 2.46. The first-order chi connectivity index (χ1) is 8.74. The minimum Gasteiger partial charge on any atom is -0.481 e. The summed E-state index contributed by atoms with van der Waals surface area (Å²) in [6.45, 7) is 0. The highest BCUT2D eigenvalue weighted by Gasteiger charge is 2.18. The Morgan fingerprint density at radius 1 is 1.00 bits per heavy atom. The predicted octanol–water partition coefficient (Wildman–Crippen LogP) is 2.55. The Hall–Kier alpha value is -2.17. The standard InChI is InChI=1S/C13H13FN2O2/c1-17-10-8-11(18-2)16-13(15-10)12(14)9-6-4-3-5-7-9/h3-8,12H,1-2H3. The maximum atomic E-state index is 14.3. The second kappa shape index (κ2) is 5.44. The molecule has 0 saturated carbocycles. The molecular weight excluding hydrogens is 235 g/mol. The quantitative estimate of drug-likeness (QED) is 0.834. The number of nitrogens with zero attached hydrogens (tertiary/aromatic N) is 2. The van der Waals surface area contributed by atoms with Crippen LogP contribution in [-0.4, -0.2) is 24.2 Å². The smallest absolute Gasteiger partial charge is 0.220 e. The van der Waals surface area contributed by atoms with Gasteiger partial charge in [0, 0.05) is 0 Å².